The second-order valence-corrected chi connectivity index (χ2v) is 5.23. The first kappa shape index (κ1) is 12.2. The van der Waals surface area contributed by atoms with Gasteiger partial charge in [0.25, 0.3) is 0 Å². The van der Waals surface area contributed by atoms with Crippen molar-refractivity contribution in [2.24, 2.45) is 0 Å². The van der Waals surface area contributed by atoms with E-state index >= 15 is 0 Å². The van der Waals surface area contributed by atoms with E-state index in [1.165, 1.54) is 27.8 Å². The fourth-order valence-electron chi connectivity index (χ4n) is 2.60. The summed E-state index contributed by atoms with van der Waals surface area (Å²) in [5.74, 6) is 0.202. The lowest BCUT2D eigenvalue weighted by Gasteiger charge is -2.17. The molecule has 1 amide bonds. The van der Waals surface area contributed by atoms with Crippen molar-refractivity contribution in [1.82, 2.24) is 5.32 Å². The molecule has 1 aromatic carbocycles. The Labute approximate surface area is 103 Å². The van der Waals surface area contributed by atoms with Crippen LogP contribution in [-0.4, -0.2) is 11.9 Å². The number of carbonyl (C=O) groups excluding carboxylic acids is 1. The van der Waals surface area contributed by atoms with Gasteiger partial charge in [0.05, 0.1) is 0 Å². The fourth-order valence-corrected chi connectivity index (χ4v) is 2.60. The smallest absolute Gasteiger partial charge is 0.220 e. The van der Waals surface area contributed by atoms with Gasteiger partial charge in [-0.15, -0.1) is 0 Å². The summed E-state index contributed by atoms with van der Waals surface area (Å²) in [5, 5.41) is 3.04. The van der Waals surface area contributed by atoms with Gasteiger partial charge in [-0.3, -0.25) is 4.79 Å². The van der Waals surface area contributed by atoms with Crippen LogP contribution in [0.2, 0.25) is 0 Å². The molecular weight excluding hydrogens is 210 g/mol. The normalized spacial score (nSPS) is 19.5. The Balaban J connectivity index is 2.24. The monoisotopic (exact) mass is 231 g/mol. The molecule has 0 aromatic heterocycles. The number of benzene rings is 1. The highest BCUT2D eigenvalue weighted by atomic mass is 16.1. The lowest BCUT2D eigenvalue weighted by Crippen LogP contribution is -2.27. The fraction of sp³-hybridized carbons (Fsp3) is 0.533. The van der Waals surface area contributed by atoms with Crippen LogP contribution in [0.25, 0.3) is 0 Å². The molecule has 1 aliphatic rings. The van der Waals surface area contributed by atoms with Gasteiger partial charge < -0.3 is 5.32 Å². The number of amides is 1. The maximum atomic E-state index is 11.2. The Morgan fingerprint density at radius 2 is 1.88 bits per heavy atom. The topological polar surface area (TPSA) is 29.1 Å². The van der Waals surface area contributed by atoms with Crippen molar-refractivity contribution in [2.45, 2.75) is 53.0 Å². The van der Waals surface area contributed by atoms with Crippen molar-refractivity contribution >= 4 is 5.91 Å². The van der Waals surface area contributed by atoms with E-state index in [1.54, 1.807) is 0 Å². The van der Waals surface area contributed by atoms with Crippen molar-refractivity contribution in [3.8, 4) is 0 Å². The molecular formula is C15H21NO. The Kier molecular flexibility index (Phi) is 3.23. The largest absolute Gasteiger partial charge is 0.353 e. The van der Waals surface area contributed by atoms with Crippen LogP contribution in [0.1, 0.15) is 40.7 Å². The van der Waals surface area contributed by atoms with Gasteiger partial charge in [-0.1, -0.05) is 6.07 Å². The minimum atomic E-state index is 0.202. The van der Waals surface area contributed by atoms with Crippen LogP contribution in [0.15, 0.2) is 6.07 Å². The van der Waals surface area contributed by atoms with Crippen molar-refractivity contribution in [1.29, 1.82) is 0 Å². The number of nitrogens with one attached hydrogen (secondary N) is 1. The third-order valence-electron chi connectivity index (χ3n) is 4.14. The first-order valence-corrected chi connectivity index (χ1v) is 6.34. The van der Waals surface area contributed by atoms with E-state index in [0.717, 1.165) is 12.8 Å². The molecule has 0 saturated carbocycles. The van der Waals surface area contributed by atoms with E-state index in [4.69, 9.17) is 0 Å². The van der Waals surface area contributed by atoms with Gasteiger partial charge in [0.2, 0.25) is 5.91 Å². The number of aryl methyl sites for hydroxylation is 1. The summed E-state index contributed by atoms with van der Waals surface area (Å²) in [5.41, 5.74) is 6.91. The summed E-state index contributed by atoms with van der Waals surface area (Å²) < 4.78 is 0. The third kappa shape index (κ3) is 2.36. The Morgan fingerprint density at radius 1 is 1.18 bits per heavy atom. The molecule has 1 heterocycles. The minimum absolute atomic E-state index is 0.202. The number of hydrogen-bond donors (Lipinski definition) is 1. The van der Waals surface area contributed by atoms with E-state index in [2.05, 4.69) is 39.1 Å². The Bertz CT molecular complexity index is 462. The van der Waals surface area contributed by atoms with Gasteiger partial charge in [-0.05, 0) is 68.4 Å². The van der Waals surface area contributed by atoms with Crippen molar-refractivity contribution in [2.75, 3.05) is 0 Å². The van der Waals surface area contributed by atoms with Gasteiger partial charge in [-0.25, -0.2) is 0 Å². The number of hydrogen-bond acceptors (Lipinski definition) is 1. The van der Waals surface area contributed by atoms with Crippen molar-refractivity contribution in [3.63, 3.8) is 0 Å². The minimum Gasteiger partial charge on any atom is -0.353 e. The van der Waals surface area contributed by atoms with E-state index in [0.29, 0.717) is 12.5 Å². The van der Waals surface area contributed by atoms with Crippen LogP contribution >= 0.6 is 0 Å². The van der Waals surface area contributed by atoms with Crippen LogP contribution < -0.4 is 5.32 Å². The van der Waals surface area contributed by atoms with E-state index in [9.17, 15) is 4.79 Å². The second-order valence-electron chi connectivity index (χ2n) is 5.23. The molecule has 0 bridgehead atoms. The standard InChI is InChI=1S/C15H21NO/c1-9-7-13(12(4)11(3)10(9)2)8-14-5-6-15(17)16-14/h7,14H,5-6,8H2,1-4H3,(H,16,17). The molecule has 17 heavy (non-hydrogen) atoms. The van der Waals surface area contributed by atoms with Gasteiger partial charge >= 0.3 is 0 Å². The summed E-state index contributed by atoms with van der Waals surface area (Å²) in [6.07, 6.45) is 2.64. The molecule has 1 aromatic rings. The maximum Gasteiger partial charge on any atom is 0.220 e. The zero-order valence-electron chi connectivity index (χ0n) is 11.2. The molecule has 1 aliphatic heterocycles. The predicted molar refractivity (Wildman–Crippen MR) is 70.3 cm³/mol. The molecule has 1 fully saturated rings. The Hall–Kier alpha value is -1.31. The van der Waals surface area contributed by atoms with Gasteiger partial charge in [0.15, 0.2) is 0 Å². The summed E-state index contributed by atoms with van der Waals surface area (Å²) in [6, 6.07) is 2.62. The molecule has 1 atom stereocenters. The maximum absolute atomic E-state index is 11.2. The third-order valence-corrected chi connectivity index (χ3v) is 4.14. The molecule has 0 radical (unpaired) electrons. The molecule has 2 heteroatoms. The molecule has 0 aliphatic carbocycles. The highest BCUT2D eigenvalue weighted by molar-refractivity contribution is 5.78. The van der Waals surface area contributed by atoms with E-state index < -0.39 is 0 Å². The quantitative estimate of drug-likeness (QED) is 0.833. The van der Waals surface area contributed by atoms with Gasteiger partial charge in [0, 0.05) is 12.5 Å². The van der Waals surface area contributed by atoms with Crippen LogP contribution in [0.4, 0.5) is 0 Å². The van der Waals surface area contributed by atoms with E-state index in [-0.39, 0.29) is 5.91 Å². The average molecular weight is 231 g/mol. The zero-order valence-corrected chi connectivity index (χ0v) is 11.2. The molecule has 1 unspecified atom stereocenters. The van der Waals surface area contributed by atoms with Crippen molar-refractivity contribution in [3.05, 3.63) is 33.9 Å². The molecule has 1 N–H and O–H groups in total. The summed E-state index contributed by atoms with van der Waals surface area (Å²) in [4.78, 5) is 11.2. The number of rotatable bonds is 2. The van der Waals surface area contributed by atoms with Crippen LogP contribution in [0.5, 0.6) is 0 Å². The lowest BCUT2D eigenvalue weighted by molar-refractivity contribution is -0.119. The summed E-state index contributed by atoms with van der Waals surface area (Å²) in [7, 11) is 0. The average Bonchev–Trinajstić information content (AvgIpc) is 2.69. The molecule has 2 nitrogen and oxygen atoms in total. The van der Waals surface area contributed by atoms with Gasteiger partial charge in [-0.2, -0.15) is 0 Å². The van der Waals surface area contributed by atoms with Gasteiger partial charge in [0.1, 0.15) is 0 Å². The number of carbonyl (C=O) groups is 1. The summed E-state index contributed by atoms with van der Waals surface area (Å²) >= 11 is 0. The summed E-state index contributed by atoms with van der Waals surface area (Å²) in [6.45, 7) is 8.72. The van der Waals surface area contributed by atoms with Crippen molar-refractivity contribution < 1.29 is 4.79 Å². The molecule has 2 rings (SSSR count). The van der Waals surface area contributed by atoms with Crippen LogP contribution in [0, 0.1) is 27.7 Å². The first-order chi connectivity index (χ1) is 7.99. The Morgan fingerprint density at radius 3 is 2.47 bits per heavy atom. The molecule has 0 spiro atoms. The highest BCUT2D eigenvalue weighted by Gasteiger charge is 2.21. The van der Waals surface area contributed by atoms with Crippen LogP contribution in [0.3, 0.4) is 0 Å². The first-order valence-electron chi connectivity index (χ1n) is 6.34. The van der Waals surface area contributed by atoms with E-state index in [1.807, 2.05) is 0 Å². The highest BCUT2D eigenvalue weighted by Crippen LogP contribution is 2.23. The molecule has 92 valence electrons. The SMILES string of the molecule is Cc1cc(CC2CCC(=O)N2)c(C)c(C)c1C. The predicted octanol–water partition coefficient (Wildman–Crippen LogP) is 2.74. The zero-order chi connectivity index (χ0) is 12.6. The molecule has 1 saturated heterocycles. The second kappa shape index (κ2) is 4.52. The van der Waals surface area contributed by atoms with Crippen LogP contribution in [-0.2, 0) is 11.2 Å². The lowest BCUT2D eigenvalue weighted by atomic mass is 9.91.